The van der Waals surface area contributed by atoms with Gasteiger partial charge in [-0.1, -0.05) is 0 Å². The topological polar surface area (TPSA) is 0 Å². The Hall–Kier alpha value is -1.13. The van der Waals surface area contributed by atoms with Crippen molar-refractivity contribution in [1.29, 1.82) is 0 Å². The van der Waals surface area contributed by atoms with Crippen LogP contribution >= 0.6 is 7.26 Å². The summed E-state index contributed by atoms with van der Waals surface area (Å²) in [6.45, 7) is 11.7. The second-order valence-corrected chi connectivity index (χ2v) is 8.49. The summed E-state index contributed by atoms with van der Waals surface area (Å²) in [5.41, 5.74) is 0. The summed E-state index contributed by atoms with van der Waals surface area (Å²) in [5, 5.41) is 1.48. The fourth-order valence-electron chi connectivity index (χ4n) is 2.22. The van der Waals surface area contributed by atoms with Crippen molar-refractivity contribution in [3.63, 3.8) is 0 Å². The summed E-state index contributed by atoms with van der Waals surface area (Å²) in [4.78, 5) is 0. The standard InChI is InChI=1S/C15H21P/c1-4-12-16(13-5-2,14-6-3)15-10-8-7-9-11-15/h4-11,16H,1-3,12-14H2. The summed E-state index contributed by atoms with van der Waals surface area (Å²) in [7, 11) is -1.53. The van der Waals surface area contributed by atoms with E-state index in [0.29, 0.717) is 0 Å². The van der Waals surface area contributed by atoms with E-state index >= 15 is 0 Å². The van der Waals surface area contributed by atoms with Crippen molar-refractivity contribution in [2.45, 2.75) is 0 Å². The zero-order valence-corrected chi connectivity index (χ0v) is 10.9. The molecule has 0 atom stereocenters. The number of hydrogen-bond donors (Lipinski definition) is 0. The van der Waals surface area contributed by atoms with Crippen LogP contribution < -0.4 is 5.30 Å². The van der Waals surface area contributed by atoms with Crippen LogP contribution in [0.15, 0.2) is 68.3 Å². The first kappa shape index (κ1) is 12.9. The number of rotatable bonds is 7. The van der Waals surface area contributed by atoms with Gasteiger partial charge >= 0.3 is 99.3 Å². The molecule has 0 aliphatic rings. The Morgan fingerprint density at radius 2 is 1.25 bits per heavy atom. The van der Waals surface area contributed by atoms with E-state index in [-0.39, 0.29) is 0 Å². The van der Waals surface area contributed by atoms with E-state index in [1.807, 2.05) is 18.2 Å². The van der Waals surface area contributed by atoms with Crippen LogP contribution in [0.4, 0.5) is 0 Å². The summed E-state index contributed by atoms with van der Waals surface area (Å²) in [5.74, 6) is 0. The molecular formula is C15H21P. The maximum absolute atomic E-state index is 3.90. The van der Waals surface area contributed by atoms with Crippen LogP contribution in [0.5, 0.6) is 0 Å². The molecule has 0 saturated carbocycles. The SMILES string of the molecule is C=CC[PH](CC=C)(CC=C)c1ccccc1. The molecule has 0 N–H and O–H groups in total. The van der Waals surface area contributed by atoms with Crippen molar-refractivity contribution in [3.8, 4) is 0 Å². The molecule has 0 aliphatic carbocycles. The van der Waals surface area contributed by atoms with Gasteiger partial charge in [-0.05, 0) is 0 Å². The Kier molecular flexibility index (Phi) is 5.22. The minimum absolute atomic E-state index is 1.09. The molecular weight excluding hydrogens is 211 g/mol. The Labute approximate surface area is 99.7 Å². The summed E-state index contributed by atoms with van der Waals surface area (Å²) >= 11 is 0. The van der Waals surface area contributed by atoms with Crippen LogP contribution in [-0.2, 0) is 0 Å². The van der Waals surface area contributed by atoms with E-state index < -0.39 is 7.26 Å². The molecule has 1 aromatic carbocycles. The number of benzene rings is 1. The molecule has 0 saturated heterocycles. The van der Waals surface area contributed by atoms with Gasteiger partial charge in [0, 0.05) is 0 Å². The van der Waals surface area contributed by atoms with Crippen molar-refractivity contribution >= 4 is 12.6 Å². The Bertz CT molecular complexity index is 324. The summed E-state index contributed by atoms with van der Waals surface area (Å²) in [6.07, 6.45) is 9.42. The molecule has 0 unspecified atom stereocenters. The summed E-state index contributed by atoms with van der Waals surface area (Å²) in [6, 6.07) is 10.8. The number of allylic oxidation sites excluding steroid dienone is 3. The molecule has 1 rings (SSSR count). The monoisotopic (exact) mass is 232 g/mol. The molecule has 0 bridgehead atoms. The van der Waals surface area contributed by atoms with Gasteiger partial charge < -0.3 is 0 Å². The molecule has 0 nitrogen and oxygen atoms in total. The third kappa shape index (κ3) is 2.93. The van der Waals surface area contributed by atoms with E-state index in [2.05, 4.69) is 50.1 Å². The first-order chi connectivity index (χ1) is 7.79. The van der Waals surface area contributed by atoms with Gasteiger partial charge in [-0.25, -0.2) is 0 Å². The molecule has 1 heteroatoms. The maximum atomic E-state index is 3.90. The van der Waals surface area contributed by atoms with Crippen molar-refractivity contribution in [3.05, 3.63) is 68.3 Å². The van der Waals surface area contributed by atoms with Crippen LogP contribution in [-0.4, -0.2) is 18.5 Å². The minimum atomic E-state index is -1.53. The molecule has 86 valence electrons. The third-order valence-corrected chi connectivity index (χ3v) is 7.76. The van der Waals surface area contributed by atoms with Crippen molar-refractivity contribution < 1.29 is 0 Å². The van der Waals surface area contributed by atoms with Crippen molar-refractivity contribution in [2.24, 2.45) is 0 Å². The molecule has 16 heavy (non-hydrogen) atoms. The molecule has 0 aliphatic heterocycles. The van der Waals surface area contributed by atoms with Gasteiger partial charge in [0.2, 0.25) is 0 Å². The van der Waals surface area contributed by atoms with Gasteiger partial charge in [0.25, 0.3) is 0 Å². The second-order valence-electron chi connectivity index (χ2n) is 4.12. The molecule has 1 aromatic rings. The molecule has 0 spiro atoms. The molecule has 0 amide bonds. The van der Waals surface area contributed by atoms with Crippen molar-refractivity contribution in [1.82, 2.24) is 0 Å². The fourth-order valence-corrected chi connectivity index (χ4v) is 5.99. The Morgan fingerprint density at radius 3 is 1.62 bits per heavy atom. The first-order valence-corrected chi connectivity index (χ1v) is 8.29. The van der Waals surface area contributed by atoms with E-state index in [1.54, 1.807) is 0 Å². The van der Waals surface area contributed by atoms with Gasteiger partial charge in [-0.2, -0.15) is 0 Å². The van der Waals surface area contributed by atoms with Crippen LogP contribution in [0, 0.1) is 0 Å². The quantitative estimate of drug-likeness (QED) is 0.497. The van der Waals surface area contributed by atoms with Gasteiger partial charge in [-0.15, -0.1) is 0 Å². The summed E-state index contributed by atoms with van der Waals surface area (Å²) < 4.78 is 0. The molecule has 0 fully saturated rings. The second kappa shape index (κ2) is 6.45. The van der Waals surface area contributed by atoms with E-state index in [4.69, 9.17) is 0 Å². The fraction of sp³-hybridized carbons (Fsp3) is 0.200. The average Bonchev–Trinajstić information content (AvgIpc) is 2.31. The van der Waals surface area contributed by atoms with E-state index in [1.165, 1.54) is 5.30 Å². The zero-order valence-electron chi connectivity index (χ0n) is 9.86. The van der Waals surface area contributed by atoms with E-state index in [9.17, 15) is 0 Å². The first-order valence-electron chi connectivity index (χ1n) is 5.67. The van der Waals surface area contributed by atoms with Gasteiger partial charge in [0.05, 0.1) is 0 Å². The average molecular weight is 232 g/mol. The zero-order chi connectivity index (χ0) is 11.9. The van der Waals surface area contributed by atoms with Crippen molar-refractivity contribution in [2.75, 3.05) is 18.5 Å². The van der Waals surface area contributed by atoms with E-state index in [0.717, 1.165) is 18.5 Å². The van der Waals surface area contributed by atoms with Gasteiger partial charge in [0.1, 0.15) is 0 Å². The Balaban J connectivity index is 3.13. The van der Waals surface area contributed by atoms with Gasteiger partial charge in [-0.3, -0.25) is 0 Å². The normalized spacial score (nSPS) is 11.8. The predicted octanol–water partition coefficient (Wildman–Crippen LogP) is 3.62. The number of hydrogen-bond acceptors (Lipinski definition) is 0. The Morgan fingerprint density at radius 1 is 0.812 bits per heavy atom. The van der Waals surface area contributed by atoms with Gasteiger partial charge in [0.15, 0.2) is 0 Å². The van der Waals surface area contributed by atoms with Crippen LogP contribution in [0.3, 0.4) is 0 Å². The molecule has 0 radical (unpaired) electrons. The third-order valence-electron chi connectivity index (χ3n) is 2.99. The predicted molar refractivity (Wildman–Crippen MR) is 79.6 cm³/mol. The van der Waals surface area contributed by atoms with Crippen LogP contribution in [0.25, 0.3) is 0 Å². The van der Waals surface area contributed by atoms with Crippen LogP contribution in [0.1, 0.15) is 0 Å². The van der Waals surface area contributed by atoms with Crippen LogP contribution in [0.2, 0.25) is 0 Å². The molecule has 0 heterocycles. The molecule has 0 aromatic heterocycles.